The molecule has 3 heteroatoms. The summed E-state index contributed by atoms with van der Waals surface area (Å²) in [6, 6.07) is 0.326. The zero-order valence-corrected chi connectivity index (χ0v) is 10.3. The summed E-state index contributed by atoms with van der Waals surface area (Å²) in [5.41, 5.74) is 2.95. The van der Waals surface area contributed by atoms with Gasteiger partial charge in [-0.15, -0.1) is 0 Å². The van der Waals surface area contributed by atoms with Gasteiger partial charge in [0.25, 0.3) is 0 Å². The lowest BCUT2D eigenvalue weighted by molar-refractivity contribution is 0.0132. The summed E-state index contributed by atoms with van der Waals surface area (Å²) >= 11 is 0. The van der Waals surface area contributed by atoms with Gasteiger partial charge in [-0.2, -0.15) is 0 Å². The molecule has 1 aliphatic rings. The second kappa shape index (κ2) is 6.46. The Morgan fingerprint density at radius 1 is 1.40 bits per heavy atom. The van der Waals surface area contributed by atoms with Crippen LogP contribution in [-0.2, 0) is 4.74 Å². The molecule has 3 N–H and O–H groups in total. The van der Waals surface area contributed by atoms with Gasteiger partial charge in [0.05, 0.1) is 6.10 Å². The molecule has 1 rings (SSSR count). The SMILES string of the molecule is CCOC(C1CC1)C(CC(C)CC)NN. The van der Waals surface area contributed by atoms with E-state index >= 15 is 0 Å². The summed E-state index contributed by atoms with van der Waals surface area (Å²) in [7, 11) is 0. The summed E-state index contributed by atoms with van der Waals surface area (Å²) in [4.78, 5) is 0. The lowest BCUT2D eigenvalue weighted by Gasteiger charge is -2.28. The third-order valence-electron chi connectivity index (χ3n) is 3.41. The Morgan fingerprint density at radius 2 is 2.07 bits per heavy atom. The smallest absolute Gasteiger partial charge is 0.0769 e. The van der Waals surface area contributed by atoms with E-state index in [4.69, 9.17) is 10.6 Å². The molecule has 0 spiro atoms. The molecule has 0 heterocycles. The molecule has 0 aromatic carbocycles. The molecule has 0 aromatic heterocycles. The normalized spacial score (nSPS) is 22.4. The average Bonchev–Trinajstić information content (AvgIpc) is 3.06. The first-order valence-electron chi connectivity index (χ1n) is 6.30. The Bertz CT molecular complexity index is 171. The van der Waals surface area contributed by atoms with Crippen LogP contribution in [0.15, 0.2) is 0 Å². The zero-order chi connectivity index (χ0) is 11.3. The molecule has 0 saturated heterocycles. The van der Waals surface area contributed by atoms with Gasteiger partial charge in [-0.1, -0.05) is 20.3 Å². The van der Waals surface area contributed by atoms with E-state index in [9.17, 15) is 0 Å². The van der Waals surface area contributed by atoms with E-state index in [-0.39, 0.29) is 0 Å². The maximum absolute atomic E-state index is 5.82. The summed E-state index contributed by atoms with van der Waals surface area (Å²) in [5.74, 6) is 7.10. The van der Waals surface area contributed by atoms with Gasteiger partial charge >= 0.3 is 0 Å². The molecule has 1 aliphatic carbocycles. The molecule has 3 nitrogen and oxygen atoms in total. The Hall–Kier alpha value is -0.120. The van der Waals surface area contributed by atoms with Crippen LogP contribution in [0.25, 0.3) is 0 Å². The number of hydrogen-bond donors (Lipinski definition) is 2. The summed E-state index contributed by atoms with van der Waals surface area (Å²) in [5, 5.41) is 0. The average molecular weight is 214 g/mol. The summed E-state index contributed by atoms with van der Waals surface area (Å²) < 4.78 is 5.82. The van der Waals surface area contributed by atoms with Crippen molar-refractivity contribution in [2.24, 2.45) is 17.7 Å². The number of nitrogens with two attached hydrogens (primary N) is 1. The predicted octanol–water partition coefficient (Wildman–Crippen LogP) is 2.07. The highest BCUT2D eigenvalue weighted by Gasteiger charge is 2.37. The van der Waals surface area contributed by atoms with Crippen LogP contribution in [0.1, 0.15) is 46.5 Å². The van der Waals surface area contributed by atoms with Gasteiger partial charge in [0.1, 0.15) is 0 Å². The van der Waals surface area contributed by atoms with Crippen LogP contribution in [0.2, 0.25) is 0 Å². The topological polar surface area (TPSA) is 47.3 Å². The number of hydrogen-bond acceptors (Lipinski definition) is 3. The minimum Gasteiger partial charge on any atom is -0.377 e. The zero-order valence-electron chi connectivity index (χ0n) is 10.3. The van der Waals surface area contributed by atoms with E-state index in [0.717, 1.165) is 18.9 Å². The highest BCUT2D eigenvalue weighted by molar-refractivity contribution is 4.90. The first-order chi connectivity index (χ1) is 7.22. The third kappa shape index (κ3) is 4.09. The van der Waals surface area contributed by atoms with Crippen LogP contribution in [0, 0.1) is 11.8 Å². The van der Waals surface area contributed by atoms with Gasteiger partial charge in [0.2, 0.25) is 0 Å². The molecular weight excluding hydrogens is 188 g/mol. The second-order valence-electron chi connectivity index (χ2n) is 4.78. The van der Waals surface area contributed by atoms with Crippen molar-refractivity contribution in [1.29, 1.82) is 0 Å². The summed E-state index contributed by atoms with van der Waals surface area (Å²) in [6.45, 7) is 7.36. The Kier molecular flexibility index (Phi) is 5.58. The van der Waals surface area contributed by atoms with Crippen molar-refractivity contribution in [3.8, 4) is 0 Å². The molecule has 0 bridgehead atoms. The van der Waals surface area contributed by atoms with Crippen LogP contribution in [-0.4, -0.2) is 18.8 Å². The van der Waals surface area contributed by atoms with E-state index in [1.807, 2.05) is 0 Å². The van der Waals surface area contributed by atoms with Crippen LogP contribution >= 0.6 is 0 Å². The molecule has 0 amide bonds. The lowest BCUT2D eigenvalue weighted by atomic mass is 9.94. The van der Waals surface area contributed by atoms with Crippen LogP contribution in [0.3, 0.4) is 0 Å². The van der Waals surface area contributed by atoms with E-state index in [0.29, 0.717) is 18.1 Å². The van der Waals surface area contributed by atoms with Crippen molar-refractivity contribution in [1.82, 2.24) is 5.43 Å². The minimum atomic E-state index is 0.326. The van der Waals surface area contributed by atoms with Crippen molar-refractivity contribution < 1.29 is 4.74 Å². The van der Waals surface area contributed by atoms with Gasteiger partial charge in [-0.05, 0) is 38.0 Å². The fourth-order valence-corrected chi connectivity index (χ4v) is 2.10. The number of rotatable bonds is 8. The third-order valence-corrected chi connectivity index (χ3v) is 3.41. The minimum absolute atomic E-state index is 0.326. The van der Waals surface area contributed by atoms with Crippen molar-refractivity contribution in [3.05, 3.63) is 0 Å². The predicted molar refractivity (Wildman–Crippen MR) is 63.3 cm³/mol. The highest BCUT2D eigenvalue weighted by atomic mass is 16.5. The first kappa shape index (κ1) is 12.9. The van der Waals surface area contributed by atoms with E-state index in [1.54, 1.807) is 0 Å². The Labute approximate surface area is 93.7 Å². The quantitative estimate of drug-likeness (QED) is 0.480. The van der Waals surface area contributed by atoms with E-state index < -0.39 is 0 Å². The molecule has 3 unspecified atom stereocenters. The van der Waals surface area contributed by atoms with Gasteiger partial charge in [0, 0.05) is 12.6 Å². The van der Waals surface area contributed by atoms with Gasteiger partial charge < -0.3 is 4.74 Å². The number of hydrazine groups is 1. The molecular formula is C12H26N2O. The molecule has 0 radical (unpaired) electrons. The molecule has 15 heavy (non-hydrogen) atoms. The van der Waals surface area contributed by atoms with E-state index in [2.05, 4.69) is 26.2 Å². The molecule has 0 aliphatic heterocycles. The Balaban J connectivity index is 2.44. The Morgan fingerprint density at radius 3 is 2.47 bits per heavy atom. The second-order valence-corrected chi connectivity index (χ2v) is 4.78. The molecule has 1 saturated carbocycles. The first-order valence-corrected chi connectivity index (χ1v) is 6.30. The lowest BCUT2D eigenvalue weighted by Crippen LogP contribution is -2.47. The van der Waals surface area contributed by atoms with Crippen molar-refractivity contribution in [3.63, 3.8) is 0 Å². The van der Waals surface area contributed by atoms with E-state index in [1.165, 1.54) is 19.3 Å². The maximum Gasteiger partial charge on any atom is 0.0769 e. The fourth-order valence-electron chi connectivity index (χ4n) is 2.10. The summed E-state index contributed by atoms with van der Waals surface area (Å²) in [6.07, 6.45) is 5.27. The van der Waals surface area contributed by atoms with Crippen LogP contribution < -0.4 is 11.3 Å². The molecule has 0 aromatic rings. The molecule has 90 valence electrons. The molecule has 1 fully saturated rings. The van der Waals surface area contributed by atoms with Crippen molar-refractivity contribution in [2.45, 2.75) is 58.6 Å². The maximum atomic E-state index is 5.82. The number of nitrogens with one attached hydrogen (secondary N) is 1. The van der Waals surface area contributed by atoms with Crippen molar-refractivity contribution >= 4 is 0 Å². The monoisotopic (exact) mass is 214 g/mol. The van der Waals surface area contributed by atoms with Crippen molar-refractivity contribution in [2.75, 3.05) is 6.61 Å². The number of ether oxygens (including phenoxy) is 1. The van der Waals surface area contributed by atoms with Crippen LogP contribution in [0.4, 0.5) is 0 Å². The van der Waals surface area contributed by atoms with Gasteiger partial charge in [-0.3, -0.25) is 11.3 Å². The largest absolute Gasteiger partial charge is 0.377 e. The highest BCUT2D eigenvalue weighted by Crippen LogP contribution is 2.37. The van der Waals surface area contributed by atoms with Gasteiger partial charge in [-0.25, -0.2) is 0 Å². The van der Waals surface area contributed by atoms with Gasteiger partial charge in [0.15, 0.2) is 0 Å². The fraction of sp³-hybridized carbons (Fsp3) is 1.00. The van der Waals surface area contributed by atoms with Crippen LogP contribution in [0.5, 0.6) is 0 Å². The standard InChI is InChI=1S/C12H26N2O/c1-4-9(3)8-11(14-13)12(15-5-2)10-6-7-10/h9-12,14H,4-8,13H2,1-3H3. The molecule has 3 atom stereocenters.